The monoisotopic (exact) mass is 462 g/mol. The summed E-state index contributed by atoms with van der Waals surface area (Å²) >= 11 is 3.34. The van der Waals surface area contributed by atoms with Crippen molar-refractivity contribution in [2.24, 2.45) is 0 Å². The number of amides is 3. The number of carbonyl (C=O) groups is 3. The number of Topliss-reactive ketones (excluding diaryl/α,β-unsaturated/α-hetero) is 1. The van der Waals surface area contributed by atoms with E-state index in [2.05, 4.69) is 21.2 Å². The topological polar surface area (TPSA) is 66.5 Å². The van der Waals surface area contributed by atoms with E-state index >= 15 is 0 Å². The normalized spacial score (nSPS) is 16.3. The van der Waals surface area contributed by atoms with Crippen LogP contribution in [-0.4, -0.2) is 28.7 Å². The second-order valence-electron chi connectivity index (χ2n) is 7.13. The van der Waals surface area contributed by atoms with Crippen molar-refractivity contribution in [3.63, 3.8) is 0 Å². The summed E-state index contributed by atoms with van der Waals surface area (Å²) < 4.78 is 0.842. The standard InChI is InChI=1S/C24H19BrN2O3/c1-16(21(28)17-12-14-20(25)15-13-17)27-22(29)24(26-23(27)30,18-8-4-2-5-9-18)19-10-6-3-7-11-19/h2-16H,1H3,(H,26,30)/t16-/m0/s1. The van der Waals surface area contributed by atoms with E-state index in [4.69, 9.17) is 0 Å². The van der Waals surface area contributed by atoms with Crippen LogP contribution in [0.3, 0.4) is 0 Å². The Balaban J connectivity index is 1.77. The van der Waals surface area contributed by atoms with Crippen molar-refractivity contribution in [1.82, 2.24) is 10.2 Å². The first-order valence-corrected chi connectivity index (χ1v) is 10.3. The number of rotatable bonds is 5. The SMILES string of the molecule is C[C@@H](C(=O)c1ccc(Br)cc1)N1C(=O)NC(c2ccccc2)(c2ccccc2)C1=O. The predicted molar refractivity (Wildman–Crippen MR) is 117 cm³/mol. The Hall–Kier alpha value is -3.25. The maximum atomic E-state index is 13.8. The number of halogens is 1. The first-order chi connectivity index (χ1) is 14.4. The zero-order valence-electron chi connectivity index (χ0n) is 16.2. The second kappa shape index (κ2) is 7.88. The highest BCUT2D eigenvalue weighted by atomic mass is 79.9. The fraction of sp³-hybridized carbons (Fsp3) is 0.125. The largest absolute Gasteiger partial charge is 0.326 e. The van der Waals surface area contributed by atoms with Gasteiger partial charge in [0.05, 0.1) is 0 Å². The van der Waals surface area contributed by atoms with Gasteiger partial charge in [-0.2, -0.15) is 0 Å². The average Bonchev–Trinajstić information content (AvgIpc) is 3.05. The fourth-order valence-electron chi connectivity index (χ4n) is 3.81. The van der Waals surface area contributed by atoms with Crippen LogP contribution in [0, 0.1) is 0 Å². The number of nitrogens with zero attached hydrogens (tertiary/aromatic N) is 1. The van der Waals surface area contributed by atoms with Crippen LogP contribution >= 0.6 is 15.9 Å². The Morgan fingerprint density at radius 3 is 1.87 bits per heavy atom. The zero-order valence-corrected chi connectivity index (χ0v) is 17.8. The van der Waals surface area contributed by atoms with Gasteiger partial charge in [0.1, 0.15) is 6.04 Å². The highest BCUT2D eigenvalue weighted by Crippen LogP contribution is 2.37. The third-order valence-corrected chi connectivity index (χ3v) is 5.89. The minimum Gasteiger partial charge on any atom is -0.315 e. The molecule has 0 saturated carbocycles. The molecule has 1 N–H and O–H groups in total. The molecule has 3 amide bonds. The first kappa shape index (κ1) is 20.0. The molecule has 3 aromatic rings. The van der Waals surface area contributed by atoms with E-state index in [0.717, 1.165) is 9.37 Å². The molecule has 150 valence electrons. The quantitative estimate of drug-likeness (QED) is 0.447. The van der Waals surface area contributed by atoms with Crippen molar-refractivity contribution in [1.29, 1.82) is 0 Å². The molecule has 0 aromatic heterocycles. The van der Waals surface area contributed by atoms with Crippen LogP contribution in [-0.2, 0) is 10.3 Å². The molecule has 5 nitrogen and oxygen atoms in total. The number of nitrogens with one attached hydrogen (secondary N) is 1. The molecule has 1 fully saturated rings. The minimum absolute atomic E-state index is 0.303. The van der Waals surface area contributed by atoms with Crippen LogP contribution in [0.4, 0.5) is 4.79 Å². The van der Waals surface area contributed by atoms with Crippen molar-refractivity contribution in [2.45, 2.75) is 18.5 Å². The highest BCUT2D eigenvalue weighted by molar-refractivity contribution is 9.10. The van der Waals surface area contributed by atoms with Gasteiger partial charge in [0, 0.05) is 10.0 Å². The summed E-state index contributed by atoms with van der Waals surface area (Å²) in [6.45, 7) is 1.58. The molecule has 0 aliphatic carbocycles. The predicted octanol–water partition coefficient (Wildman–Crippen LogP) is 4.52. The molecule has 6 heteroatoms. The summed E-state index contributed by atoms with van der Waals surface area (Å²) in [7, 11) is 0. The van der Waals surface area contributed by atoms with Crippen LogP contribution in [0.5, 0.6) is 0 Å². The number of ketones is 1. The Labute approximate surface area is 182 Å². The Morgan fingerprint density at radius 1 is 0.867 bits per heavy atom. The van der Waals surface area contributed by atoms with Crippen molar-refractivity contribution in [3.8, 4) is 0 Å². The van der Waals surface area contributed by atoms with E-state index in [-0.39, 0.29) is 5.78 Å². The summed E-state index contributed by atoms with van der Waals surface area (Å²) in [6.07, 6.45) is 0. The van der Waals surface area contributed by atoms with Gasteiger partial charge in [-0.15, -0.1) is 0 Å². The molecule has 0 spiro atoms. The van der Waals surface area contributed by atoms with Crippen molar-refractivity contribution < 1.29 is 14.4 Å². The summed E-state index contributed by atoms with van der Waals surface area (Å²) in [5.74, 6) is -0.772. The van der Waals surface area contributed by atoms with Crippen molar-refractivity contribution >= 4 is 33.7 Å². The molecule has 30 heavy (non-hydrogen) atoms. The molecule has 1 saturated heterocycles. The Bertz CT molecular complexity index is 1060. The molecule has 1 aliphatic rings. The number of hydrogen-bond donors (Lipinski definition) is 1. The van der Waals surface area contributed by atoms with Crippen LogP contribution in [0.1, 0.15) is 28.4 Å². The van der Waals surface area contributed by atoms with Crippen LogP contribution in [0.25, 0.3) is 0 Å². The van der Waals surface area contributed by atoms with Crippen molar-refractivity contribution in [3.05, 3.63) is 106 Å². The van der Waals surface area contributed by atoms with Gasteiger partial charge in [-0.1, -0.05) is 88.7 Å². The maximum absolute atomic E-state index is 13.8. The van der Waals surface area contributed by atoms with Crippen LogP contribution in [0.15, 0.2) is 89.4 Å². The lowest BCUT2D eigenvalue weighted by Crippen LogP contribution is -2.47. The van der Waals surface area contributed by atoms with E-state index in [1.807, 2.05) is 36.4 Å². The van der Waals surface area contributed by atoms with Gasteiger partial charge >= 0.3 is 6.03 Å². The lowest BCUT2D eigenvalue weighted by Gasteiger charge is -2.29. The van der Waals surface area contributed by atoms with Gasteiger partial charge in [0.2, 0.25) is 0 Å². The Morgan fingerprint density at radius 2 is 1.37 bits per heavy atom. The molecule has 1 aliphatic heterocycles. The summed E-state index contributed by atoms with van der Waals surface area (Å²) in [6, 6.07) is 23.5. The molecule has 0 bridgehead atoms. The molecule has 4 rings (SSSR count). The molecular weight excluding hydrogens is 444 g/mol. The average molecular weight is 463 g/mol. The van der Waals surface area contributed by atoms with Gasteiger partial charge < -0.3 is 5.32 Å². The van der Waals surface area contributed by atoms with E-state index in [0.29, 0.717) is 16.7 Å². The number of imide groups is 1. The van der Waals surface area contributed by atoms with E-state index in [1.165, 1.54) is 0 Å². The lowest BCUT2D eigenvalue weighted by molar-refractivity contribution is -0.131. The molecule has 3 aromatic carbocycles. The molecule has 1 heterocycles. The molecular formula is C24H19BrN2O3. The first-order valence-electron chi connectivity index (χ1n) is 9.52. The fourth-order valence-corrected chi connectivity index (χ4v) is 4.07. The summed E-state index contributed by atoms with van der Waals surface area (Å²) in [5.41, 5.74) is 0.331. The van der Waals surface area contributed by atoms with E-state index in [1.54, 1.807) is 55.5 Å². The number of carbonyl (C=O) groups excluding carboxylic acids is 3. The zero-order chi connectivity index (χ0) is 21.3. The lowest BCUT2D eigenvalue weighted by atomic mass is 9.82. The van der Waals surface area contributed by atoms with Gasteiger partial charge in [-0.3, -0.25) is 14.5 Å². The third-order valence-electron chi connectivity index (χ3n) is 5.36. The third kappa shape index (κ3) is 3.23. The van der Waals surface area contributed by atoms with Gasteiger partial charge in [0.25, 0.3) is 5.91 Å². The summed E-state index contributed by atoms with van der Waals surface area (Å²) in [4.78, 5) is 40.8. The second-order valence-corrected chi connectivity index (χ2v) is 8.05. The number of hydrogen-bond acceptors (Lipinski definition) is 3. The maximum Gasteiger partial charge on any atom is 0.326 e. The van der Waals surface area contributed by atoms with E-state index in [9.17, 15) is 14.4 Å². The van der Waals surface area contributed by atoms with Gasteiger partial charge in [-0.05, 0) is 30.2 Å². The van der Waals surface area contributed by atoms with Crippen molar-refractivity contribution in [2.75, 3.05) is 0 Å². The van der Waals surface area contributed by atoms with E-state index < -0.39 is 23.5 Å². The summed E-state index contributed by atoms with van der Waals surface area (Å²) in [5, 5.41) is 2.87. The van der Waals surface area contributed by atoms with Crippen LogP contribution < -0.4 is 5.32 Å². The van der Waals surface area contributed by atoms with Gasteiger partial charge in [-0.25, -0.2) is 4.79 Å². The Kier molecular flexibility index (Phi) is 5.26. The molecule has 1 atom stereocenters. The van der Waals surface area contributed by atoms with Crippen LogP contribution in [0.2, 0.25) is 0 Å². The highest BCUT2D eigenvalue weighted by Gasteiger charge is 2.55. The number of urea groups is 1. The minimum atomic E-state index is -1.38. The van der Waals surface area contributed by atoms with Gasteiger partial charge in [0.15, 0.2) is 11.3 Å². The molecule has 0 unspecified atom stereocenters. The molecule has 0 radical (unpaired) electrons. The number of benzene rings is 3. The smallest absolute Gasteiger partial charge is 0.315 e.